The van der Waals surface area contributed by atoms with Gasteiger partial charge in [0.15, 0.2) is 0 Å². The number of ether oxygens (including phenoxy) is 2. The Hall–Kier alpha value is -2.41. The normalized spacial score (nSPS) is 9.71. The van der Waals surface area contributed by atoms with Gasteiger partial charge in [-0.2, -0.15) is 5.26 Å². The van der Waals surface area contributed by atoms with Crippen LogP contribution in [0.3, 0.4) is 0 Å². The molecular weight excluding hydrogens is 216 g/mol. The number of nitrogens with one attached hydrogen (secondary N) is 1. The average Bonchev–Trinajstić information content (AvgIpc) is 2.86. The lowest BCUT2D eigenvalue weighted by molar-refractivity contribution is 0.394. The molecule has 0 atom stereocenters. The van der Waals surface area contributed by atoms with Gasteiger partial charge in [0.25, 0.3) is 0 Å². The van der Waals surface area contributed by atoms with Crippen LogP contribution in [0.15, 0.2) is 30.6 Å². The zero-order chi connectivity index (χ0) is 12.3. The summed E-state index contributed by atoms with van der Waals surface area (Å²) in [5.41, 5.74) is 2.32. The van der Waals surface area contributed by atoms with Gasteiger partial charge in [-0.3, -0.25) is 0 Å². The van der Waals surface area contributed by atoms with E-state index in [1.54, 1.807) is 32.7 Å². The van der Waals surface area contributed by atoms with Crippen LogP contribution in [0.4, 0.5) is 0 Å². The van der Waals surface area contributed by atoms with E-state index in [4.69, 9.17) is 14.7 Å². The third-order valence-corrected chi connectivity index (χ3v) is 2.53. The van der Waals surface area contributed by atoms with E-state index in [1.807, 2.05) is 12.1 Å². The summed E-state index contributed by atoms with van der Waals surface area (Å²) in [6.45, 7) is 0. The maximum atomic E-state index is 8.99. The van der Waals surface area contributed by atoms with Gasteiger partial charge in [-0.15, -0.1) is 0 Å². The first-order valence-electron chi connectivity index (χ1n) is 5.09. The standard InChI is InChI=1S/C13H12N2O2/c1-16-11-3-9(4-12(5-11)17-2)13-8-15-7-10(13)6-14/h3-5,7-8,15H,1-2H3. The minimum atomic E-state index is 0.598. The fourth-order valence-corrected chi connectivity index (χ4v) is 1.66. The van der Waals surface area contributed by atoms with E-state index >= 15 is 0 Å². The molecule has 0 fully saturated rings. The van der Waals surface area contributed by atoms with E-state index in [0.717, 1.165) is 11.1 Å². The molecule has 2 aromatic rings. The molecule has 1 N–H and O–H groups in total. The largest absolute Gasteiger partial charge is 0.497 e. The molecule has 0 spiro atoms. The van der Waals surface area contributed by atoms with Gasteiger partial charge in [0.05, 0.1) is 19.8 Å². The van der Waals surface area contributed by atoms with Gasteiger partial charge in [0, 0.05) is 24.0 Å². The molecule has 0 saturated heterocycles. The lowest BCUT2D eigenvalue weighted by atomic mass is 10.0. The number of benzene rings is 1. The van der Waals surface area contributed by atoms with Crippen molar-refractivity contribution in [1.82, 2.24) is 4.98 Å². The molecule has 86 valence electrons. The minimum absolute atomic E-state index is 0.598. The van der Waals surface area contributed by atoms with Crippen molar-refractivity contribution in [2.75, 3.05) is 14.2 Å². The van der Waals surface area contributed by atoms with Crippen molar-refractivity contribution < 1.29 is 9.47 Å². The minimum Gasteiger partial charge on any atom is -0.497 e. The number of nitriles is 1. The number of H-pyrrole nitrogens is 1. The first-order chi connectivity index (χ1) is 8.28. The summed E-state index contributed by atoms with van der Waals surface area (Å²) in [4.78, 5) is 2.92. The molecule has 0 radical (unpaired) electrons. The third kappa shape index (κ3) is 2.08. The number of hydrogen-bond donors (Lipinski definition) is 1. The highest BCUT2D eigenvalue weighted by Crippen LogP contribution is 2.31. The molecule has 0 saturated carbocycles. The Bertz CT molecular complexity index is 545. The zero-order valence-corrected chi connectivity index (χ0v) is 9.65. The third-order valence-electron chi connectivity index (χ3n) is 2.53. The molecule has 4 heteroatoms. The van der Waals surface area contributed by atoms with Crippen LogP contribution in [-0.4, -0.2) is 19.2 Å². The summed E-state index contributed by atoms with van der Waals surface area (Å²) >= 11 is 0. The van der Waals surface area contributed by atoms with Gasteiger partial charge in [0.1, 0.15) is 17.6 Å². The first-order valence-corrected chi connectivity index (χ1v) is 5.09. The van der Waals surface area contributed by atoms with Crippen molar-refractivity contribution in [3.8, 4) is 28.7 Å². The Morgan fingerprint density at radius 3 is 2.24 bits per heavy atom. The molecular formula is C13H12N2O2. The molecule has 2 rings (SSSR count). The molecule has 0 aliphatic rings. The fraction of sp³-hybridized carbons (Fsp3) is 0.154. The van der Waals surface area contributed by atoms with E-state index in [2.05, 4.69) is 11.1 Å². The summed E-state index contributed by atoms with van der Waals surface area (Å²) in [5, 5.41) is 8.99. The van der Waals surface area contributed by atoms with Gasteiger partial charge in [0.2, 0.25) is 0 Å². The molecule has 17 heavy (non-hydrogen) atoms. The molecule has 1 aromatic heterocycles. The number of nitrogens with zero attached hydrogens (tertiary/aromatic N) is 1. The predicted octanol–water partition coefficient (Wildman–Crippen LogP) is 2.57. The number of rotatable bonds is 3. The van der Waals surface area contributed by atoms with Crippen molar-refractivity contribution in [3.63, 3.8) is 0 Å². The highest BCUT2D eigenvalue weighted by Gasteiger charge is 2.09. The molecule has 0 aliphatic heterocycles. The van der Waals surface area contributed by atoms with Crippen molar-refractivity contribution in [3.05, 3.63) is 36.2 Å². The van der Waals surface area contributed by atoms with Gasteiger partial charge in [-0.1, -0.05) is 0 Å². The van der Waals surface area contributed by atoms with Crippen LogP contribution in [0.25, 0.3) is 11.1 Å². The predicted molar refractivity (Wildman–Crippen MR) is 64.0 cm³/mol. The summed E-state index contributed by atoms with van der Waals surface area (Å²) in [5.74, 6) is 1.40. The van der Waals surface area contributed by atoms with Crippen LogP contribution < -0.4 is 9.47 Å². The summed E-state index contributed by atoms with van der Waals surface area (Å²) < 4.78 is 10.4. The summed E-state index contributed by atoms with van der Waals surface area (Å²) in [6, 6.07) is 7.67. The molecule has 0 unspecified atom stereocenters. The van der Waals surface area contributed by atoms with Gasteiger partial charge < -0.3 is 14.5 Å². The second-order valence-electron chi connectivity index (χ2n) is 3.50. The Balaban J connectivity index is 2.55. The maximum absolute atomic E-state index is 8.99. The van der Waals surface area contributed by atoms with E-state index in [1.165, 1.54) is 0 Å². The topological polar surface area (TPSA) is 58.0 Å². The fourth-order valence-electron chi connectivity index (χ4n) is 1.66. The van der Waals surface area contributed by atoms with Crippen LogP contribution in [0.5, 0.6) is 11.5 Å². The number of aromatic amines is 1. The Kier molecular flexibility index (Phi) is 3.01. The quantitative estimate of drug-likeness (QED) is 0.878. The maximum Gasteiger partial charge on any atom is 0.123 e. The number of methoxy groups -OCH3 is 2. The second-order valence-corrected chi connectivity index (χ2v) is 3.50. The number of hydrogen-bond acceptors (Lipinski definition) is 3. The lowest BCUT2D eigenvalue weighted by Crippen LogP contribution is -1.89. The summed E-state index contributed by atoms with van der Waals surface area (Å²) in [7, 11) is 3.20. The molecule has 0 amide bonds. The Morgan fingerprint density at radius 1 is 1.06 bits per heavy atom. The highest BCUT2D eigenvalue weighted by atomic mass is 16.5. The van der Waals surface area contributed by atoms with Crippen LogP contribution in [0.2, 0.25) is 0 Å². The van der Waals surface area contributed by atoms with Crippen molar-refractivity contribution in [1.29, 1.82) is 5.26 Å². The van der Waals surface area contributed by atoms with E-state index in [9.17, 15) is 0 Å². The first kappa shape index (κ1) is 11.1. The van der Waals surface area contributed by atoms with Crippen LogP contribution in [0, 0.1) is 11.3 Å². The van der Waals surface area contributed by atoms with Crippen molar-refractivity contribution in [2.45, 2.75) is 0 Å². The SMILES string of the molecule is COc1cc(OC)cc(-c2c[nH]cc2C#N)c1. The summed E-state index contributed by atoms with van der Waals surface area (Å²) in [6.07, 6.45) is 3.45. The Morgan fingerprint density at radius 2 is 1.71 bits per heavy atom. The van der Waals surface area contributed by atoms with E-state index in [0.29, 0.717) is 17.1 Å². The van der Waals surface area contributed by atoms with E-state index < -0.39 is 0 Å². The molecule has 1 heterocycles. The van der Waals surface area contributed by atoms with Crippen LogP contribution in [0.1, 0.15) is 5.56 Å². The van der Waals surface area contributed by atoms with Crippen LogP contribution >= 0.6 is 0 Å². The van der Waals surface area contributed by atoms with Gasteiger partial charge in [-0.05, 0) is 17.7 Å². The van der Waals surface area contributed by atoms with Crippen molar-refractivity contribution >= 4 is 0 Å². The smallest absolute Gasteiger partial charge is 0.123 e. The second kappa shape index (κ2) is 4.62. The highest BCUT2D eigenvalue weighted by molar-refractivity contribution is 5.72. The Labute approximate surface area is 99.4 Å². The van der Waals surface area contributed by atoms with E-state index in [-0.39, 0.29) is 0 Å². The van der Waals surface area contributed by atoms with Crippen LogP contribution in [-0.2, 0) is 0 Å². The monoisotopic (exact) mass is 228 g/mol. The molecule has 4 nitrogen and oxygen atoms in total. The number of aromatic nitrogens is 1. The van der Waals surface area contributed by atoms with Gasteiger partial charge >= 0.3 is 0 Å². The van der Waals surface area contributed by atoms with Gasteiger partial charge in [-0.25, -0.2) is 0 Å². The molecule has 0 aliphatic carbocycles. The molecule has 1 aromatic carbocycles. The van der Waals surface area contributed by atoms with Crippen molar-refractivity contribution in [2.24, 2.45) is 0 Å². The zero-order valence-electron chi connectivity index (χ0n) is 9.65. The lowest BCUT2D eigenvalue weighted by Gasteiger charge is -2.07. The molecule has 0 bridgehead atoms. The average molecular weight is 228 g/mol.